The Kier molecular flexibility index (Phi) is 5.41. The number of aryl methyl sites for hydroxylation is 1. The second-order valence-corrected chi connectivity index (χ2v) is 8.30. The van der Waals surface area contributed by atoms with Crippen molar-refractivity contribution >= 4 is 16.7 Å². The third-order valence-electron chi connectivity index (χ3n) is 5.91. The Morgan fingerprint density at radius 1 is 1.09 bits per heavy atom. The van der Waals surface area contributed by atoms with Gasteiger partial charge in [-0.1, -0.05) is 36.4 Å². The van der Waals surface area contributed by atoms with Crippen molar-refractivity contribution in [3.63, 3.8) is 0 Å². The molecule has 0 saturated carbocycles. The van der Waals surface area contributed by atoms with Crippen LogP contribution >= 0.6 is 0 Å². The number of nitrogens with zero attached hydrogens (tertiary/aromatic N) is 2. The lowest BCUT2D eigenvalue weighted by Gasteiger charge is -2.20. The molecule has 0 fully saturated rings. The van der Waals surface area contributed by atoms with Gasteiger partial charge in [-0.25, -0.2) is 10.2 Å². The zero-order valence-electron chi connectivity index (χ0n) is 19.4. The first-order valence-electron chi connectivity index (χ1n) is 11.0. The van der Waals surface area contributed by atoms with E-state index in [4.69, 9.17) is 9.15 Å². The van der Waals surface area contributed by atoms with Crippen LogP contribution in [0, 0.1) is 13.8 Å². The number of ether oxygens (including phenoxy) is 1. The molecule has 1 atom stereocenters. The fourth-order valence-electron chi connectivity index (χ4n) is 4.14. The molecule has 0 aliphatic carbocycles. The Bertz CT molecular complexity index is 1520. The summed E-state index contributed by atoms with van der Waals surface area (Å²) in [4.78, 5) is 17.9. The number of benzene rings is 2. The van der Waals surface area contributed by atoms with Crippen LogP contribution < -0.4 is 15.5 Å². The summed E-state index contributed by atoms with van der Waals surface area (Å²) in [7, 11) is 1.57. The van der Waals surface area contributed by atoms with Gasteiger partial charge in [0.15, 0.2) is 11.3 Å². The molecule has 3 aromatic heterocycles. The van der Waals surface area contributed by atoms with Crippen molar-refractivity contribution in [2.45, 2.75) is 26.8 Å². The third kappa shape index (κ3) is 3.73. The molecule has 8 nitrogen and oxygen atoms in total. The lowest BCUT2D eigenvalue weighted by atomic mass is 9.98. The number of hydrogen-bond acceptors (Lipinski definition) is 6. The van der Waals surface area contributed by atoms with E-state index < -0.39 is 0 Å². The Labute approximate surface area is 196 Å². The minimum atomic E-state index is -0.195. The average molecular weight is 456 g/mol. The summed E-state index contributed by atoms with van der Waals surface area (Å²) in [5.41, 5.74) is 5.28. The number of pyridine rings is 1. The molecule has 172 valence electrons. The van der Waals surface area contributed by atoms with Crippen molar-refractivity contribution in [1.29, 1.82) is 0 Å². The summed E-state index contributed by atoms with van der Waals surface area (Å²) in [5, 5.41) is 13.8. The van der Waals surface area contributed by atoms with Gasteiger partial charge in [-0.3, -0.25) is 9.89 Å². The van der Waals surface area contributed by atoms with Gasteiger partial charge in [0.25, 0.3) is 0 Å². The van der Waals surface area contributed by atoms with Crippen LogP contribution in [0.3, 0.4) is 0 Å². The van der Waals surface area contributed by atoms with Gasteiger partial charge in [-0.15, -0.1) is 5.10 Å². The number of fused-ring (bicyclic) bond motifs is 1. The largest absolute Gasteiger partial charge is 0.481 e. The maximum atomic E-state index is 13.3. The molecule has 5 aromatic rings. The average Bonchev–Trinajstić information content (AvgIpc) is 2.81. The van der Waals surface area contributed by atoms with Gasteiger partial charge < -0.3 is 14.5 Å². The fraction of sp³-hybridized carbons (Fsp3) is 0.192. The number of rotatable bonds is 6. The summed E-state index contributed by atoms with van der Waals surface area (Å²) in [6.45, 7) is 5.82. The molecule has 34 heavy (non-hydrogen) atoms. The van der Waals surface area contributed by atoms with Gasteiger partial charge in [0, 0.05) is 22.8 Å². The predicted molar refractivity (Wildman–Crippen MR) is 132 cm³/mol. The number of H-pyrrole nitrogens is 2. The van der Waals surface area contributed by atoms with Crippen LogP contribution in [0.2, 0.25) is 0 Å². The normalized spacial score (nSPS) is 12.1. The molecule has 3 N–H and O–H groups in total. The van der Waals surface area contributed by atoms with E-state index in [1.165, 1.54) is 0 Å². The zero-order valence-corrected chi connectivity index (χ0v) is 19.4. The summed E-state index contributed by atoms with van der Waals surface area (Å²) >= 11 is 0. The molecule has 0 aliphatic heterocycles. The third-order valence-corrected chi connectivity index (χ3v) is 5.91. The molecule has 0 aliphatic rings. The van der Waals surface area contributed by atoms with Gasteiger partial charge in [0.1, 0.15) is 17.0 Å². The quantitative estimate of drug-likeness (QED) is 0.318. The monoisotopic (exact) mass is 455 g/mol. The highest BCUT2D eigenvalue weighted by Gasteiger charge is 2.21. The van der Waals surface area contributed by atoms with E-state index >= 15 is 0 Å². The van der Waals surface area contributed by atoms with Crippen LogP contribution in [0.25, 0.3) is 33.8 Å². The number of hydrogen-bond donors (Lipinski definition) is 3. The standard InChI is InChI=1S/C26H25N5O3/c1-14-12-18(16(3)27-20-10-11-21(33-4)28-22(20)26-29-31-30-26)25-19(13-14)23(32)15(2)24(34-25)17-8-6-5-7-9-17/h5-13,16,27,31H,1-4H3,(H,29,30)/t16-/m1/s1. The smallest absolute Gasteiger partial charge is 0.213 e. The van der Waals surface area contributed by atoms with Crippen molar-refractivity contribution in [1.82, 2.24) is 20.4 Å². The van der Waals surface area contributed by atoms with Crippen LogP contribution in [0.15, 0.2) is 63.8 Å². The van der Waals surface area contributed by atoms with Crippen LogP contribution in [0.1, 0.15) is 29.7 Å². The SMILES string of the molecule is COc1ccc(N[C@H](C)c2cc(C)cc3c(=O)c(C)c(-c4ccccc4)oc23)c(-c2n[nH][nH]2)n1. The predicted octanol–water partition coefficient (Wildman–Crippen LogP) is 5.37. The highest BCUT2D eigenvalue weighted by atomic mass is 16.5. The highest BCUT2D eigenvalue weighted by Crippen LogP contribution is 2.34. The van der Waals surface area contributed by atoms with E-state index in [2.05, 4.69) is 25.7 Å². The number of nitrogens with one attached hydrogen (secondary N) is 3. The molecule has 0 amide bonds. The lowest BCUT2D eigenvalue weighted by molar-refractivity contribution is 0.398. The van der Waals surface area contributed by atoms with Crippen LogP contribution in [0.5, 0.6) is 5.88 Å². The van der Waals surface area contributed by atoms with Gasteiger partial charge in [-0.05, 0) is 38.5 Å². The molecule has 8 heteroatoms. The van der Waals surface area contributed by atoms with Crippen LogP contribution in [-0.2, 0) is 0 Å². The topological polar surface area (TPSA) is 109 Å². The maximum absolute atomic E-state index is 13.3. The van der Waals surface area contributed by atoms with E-state index in [1.54, 1.807) is 13.2 Å². The first-order valence-corrected chi connectivity index (χ1v) is 11.0. The van der Waals surface area contributed by atoms with Gasteiger partial charge in [-0.2, -0.15) is 0 Å². The number of aromatic nitrogens is 4. The molecule has 0 bridgehead atoms. The minimum absolute atomic E-state index is 0.0249. The van der Waals surface area contributed by atoms with Crippen molar-refractivity contribution in [3.05, 3.63) is 81.5 Å². The lowest BCUT2D eigenvalue weighted by Crippen LogP contribution is -2.14. The van der Waals surface area contributed by atoms with Crippen LogP contribution in [0.4, 0.5) is 5.69 Å². The second-order valence-electron chi connectivity index (χ2n) is 8.30. The molecule has 0 saturated heterocycles. The van der Waals surface area contributed by atoms with Crippen LogP contribution in [-0.4, -0.2) is 27.5 Å². The Morgan fingerprint density at radius 2 is 1.85 bits per heavy atom. The Balaban J connectivity index is 1.63. The number of aromatic amines is 2. The molecular weight excluding hydrogens is 430 g/mol. The van der Waals surface area contributed by atoms with E-state index in [0.717, 1.165) is 22.4 Å². The van der Waals surface area contributed by atoms with Gasteiger partial charge in [0.05, 0.1) is 24.2 Å². The van der Waals surface area contributed by atoms with Gasteiger partial charge >= 0.3 is 0 Å². The maximum Gasteiger partial charge on any atom is 0.213 e. The molecule has 0 unspecified atom stereocenters. The summed E-state index contributed by atoms with van der Waals surface area (Å²) in [6.07, 6.45) is 0. The summed E-state index contributed by atoms with van der Waals surface area (Å²) < 4.78 is 11.7. The Hall–Kier alpha value is -4.33. The van der Waals surface area contributed by atoms with E-state index in [9.17, 15) is 4.79 Å². The molecule has 2 aromatic carbocycles. The number of methoxy groups -OCH3 is 1. The fourth-order valence-corrected chi connectivity index (χ4v) is 4.14. The zero-order chi connectivity index (χ0) is 23.8. The molecule has 5 rings (SSSR count). The highest BCUT2D eigenvalue weighted by molar-refractivity contribution is 5.85. The first kappa shape index (κ1) is 21.5. The Morgan fingerprint density at radius 3 is 2.53 bits per heavy atom. The van der Waals surface area contributed by atoms with Gasteiger partial charge in [0.2, 0.25) is 5.88 Å². The molecular formula is C26H25N5O3. The van der Waals surface area contributed by atoms with E-state index in [-0.39, 0.29) is 11.5 Å². The van der Waals surface area contributed by atoms with Crippen molar-refractivity contribution < 1.29 is 9.15 Å². The summed E-state index contributed by atoms with van der Waals surface area (Å²) in [6, 6.07) is 17.1. The molecule has 0 spiro atoms. The summed E-state index contributed by atoms with van der Waals surface area (Å²) in [5.74, 6) is 1.68. The number of anilines is 1. The van der Waals surface area contributed by atoms with E-state index in [0.29, 0.717) is 39.7 Å². The van der Waals surface area contributed by atoms with Crippen molar-refractivity contribution in [2.24, 2.45) is 0 Å². The minimum Gasteiger partial charge on any atom is -0.481 e. The molecule has 0 radical (unpaired) electrons. The first-order chi connectivity index (χ1) is 16.5. The van der Waals surface area contributed by atoms with Crippen molar-refractivity contribution in [3.8, 4) is 28.7 Å². The molecule has 3 heterocycles. The van der Waals surface area contributed by atoms with Crippen molar-refractivity contribution in [2.75, 3.05) is 12.4 Å². The van der Waals surface area contributed by atoms with E-state index in [1.807, 2.05) is 69.3 Å². The second kappa shape index (κ2) is 8.55.